The summed E-state index contributed by atoms with van der Waals surface area (Å²) < 4.78 is 55.5. The monoisotopic (exact) mass is 419 g/mol. The molecule has 4 aliphatic rings. The summed E-state index contributed by atoms with van der Waals surface area (Å²) >= 11 is 0. The highest BCUT2D eigenvalue weighted by molar-refractivity contribution is 7.48. The third kappa shape index (κ3) is 3.17. The molecule has 0 spiro atoms. The maximum absolute atomic E-state index is 15.9. The molecule has 0 aromatic carbocycles. The highest BCUT2D eigenvalue weighted by Gasteiger charge is 2.63. The van der Waals surface area contributed by atoms with Crippen LogP contribution in [-0.2, 0) is 27.6 Å². The number of hydrogen-bond donors (Lipinski definition) is 1. The summed E-state index contributed by atoms with van der Waals surface area (Å²) in [6.45, 7) is 4.68. The number of aliphatic imine (C=N–C) groups is 3. The van der Waals surface area contributed by atoms with Gasteiger partial charge >= 0.3 is 7.82 Å². The van der Waals surface area contributed by atoms with Gasteiger partial charge in [-0.05, 0) is 20.8 Å². The lowest BCUT2D eigenvalue weighted by atomic mass is 9.97. The van der Waals surface area contributed by atoms with Crippen molar-refractivity contribution in [1.82, 2.24) is 4.90 Å². The van der Waals surface area contributed by atoms with Crippen LogP contribution in [0.3, 0.4) is 0 Å². The van der Waals surface area contributed by atoms with E-state index in [1.165, 1.54) is 14.0 Å². The molecule has 156 valence electrons. The minimum Gasteiger partial charge on any atom is -0.480 e. The van der Waals surface area contributed by atoms with E-state index in [9.17, 15) is 4.57 Å². The lowest BCUT2D eigenvalue weighted by molar-refractivity contribution is -0.108. The Labute approximate surface area is 161 Å². The molecule has 28 heavy (non-hydrogen) atoms. The number of rotatable bonds is 3. The Morgan fingerprint density at radius 3 is 2.89 bits per heavy atom. The van der Waals surface area contributed by atoms with Crippen LogP contribution in [0.5, 0.6) is 0 Å². The van der Waals surface area contributed by atoms with Crippen molar-refractivity contribution in [3.05, 3.63) is 0 Å². The fraction of sp³-hybridized carbons (Fsp3) is 0.800. The van der Waals surface area contributed by atoms with Gasteiger partial charge in [-0.15, -0.1) is 0 Å². The maximum atomic E-state index is 15.9. The summed E-state index contributed by atoms with van der Waals surface area (Å²) in [5, 5.41) is 0. The van der Waals surface area contributed by atoms with Crippen molar-refractivity contribution < 1.29 is 32.0 Å². The number of fused-ring (bicyclic) bond motifs is 2. The van der Waals surface area contributed by atoms with Crippen LogP contribution >= 0.6 is 7.82 Å². The molecule has 0 saturated carbocycles. The largest absolute Gasteiger partial charge is 0.480 e. The van der Waals surface area contributed by atoms with Gasteiger partial charge in [0.05, 0.1) is 26.5 Å². The molecule has 2 N–H and O–H groups in total. The van der Waals surface area contributed by atoms with E-state index in [2.05, 4.69) is 15.0 Å². The third-order valence-corrected chi connectivity index (χ3v) is 6.44. The number of nitrogens with two attached hydrogens (primary N) is 1. The molecule has 2 fully saturated rings. The summed E-state index contributed by atoms with van der Waals surface area (Å²) in [6, 6.07) is 0. The summed E-state index contributed by atoms with van der Waals surface area (Å²) in [7, 11) is -2.44. The number of phosphoric ester groups is 1. The first-order chi connectivity index (χ1) is 13.1. The number of guanidine groups is 1. The average Bonchev–Trinajstić information content (AvgIpc) is 3.12. The van der Waals surface area contributed by atoms with Gasteiger partial charge in [0.1, 0.15) is 17.9 Å². The molecule has 0 aromatic rings. The molecular weight excluding hydrogens is 396 g/mol. The van der Waals surface area contributed by atoms with Crippen LogP contribution in [0.25, 0.3) is 0 Å². The van der Waals surface area contributed by atoms with Crippen molar-refractivity contribution in [3.8, 4) is 0 Å². The number of methoxy groups -OCH3 is 1. The predicted molar refractivity (Wildman–Crippen MR) is 96.8 cm³/mol. The number of ether oxygens (including phenoxy) is 2. The summed E-state index contributed by atoms with van der Waals surface area (Å²) in [6.07, 6.45) is -4.10. The Bertz CT molecular complexity index is 802. The number of hydrogen-bond acceptors (Lipinski definition) is 11. The molecule has 11 nitrogen and oxygen atoms in total. The van der Waals surface area contributed by atoms with Gasteiger partial charge in [0.25, 0.3) is 0 Å². The van der Waals surface area contributed by atoms with Crippen LogP contribution in [0, 0.1) is 0 Å². The first-order valence-electron chi connectivity index (χ1n) is 8.87. The van der Waals surface area contributed by atoms with Gasteiger partial charge < -0.3 is 15.2 Å². The molecule has 6 atom stereocenters. The van der Waals surface area contributed by atoms with E-state index in [0.717, 1.165) is 0 Å². The number of phosphoric acid groups is 1. The van der Waals surface area contributed by atoms with Crippen molar-refractivity contribution in [2.45, 2.75) is 57.1 Å². The van der Waals surface area contributed by atoms with Gasteiger partial charge in [0.15, 0.2) is 18.1 Å². The van der Waals surface area contributed by atoms with Gasteiger partial charge in [-0.3, -0.25) is 18.6 Å². The molecule has 0 amide bonds. The Balaban J connectivity index is 1.57. The van der Waals surface area contributed by atoms with Crippen molar-refractivity contribution in [2.75, 3.05) is 20.4 Å². The summed E-state index contributed by atoms with van der Waals surface area (Å²) in [5.41, 5.74) is 4.15. The second kappa shape index (κ2) is 6.82. The fourth-order valence-corrected chi connectivity index (χ4v) is 5.31. The highest BCUT2D eigenvalue weighted by atomic mass is 31.2. The van der Waals surface area contributed by atoms with Crippen LogP contribution < -0.4 is 5.73 Å². The standard InChI is InChI=1S/C15H23FN5O6P/c1-7(2)26-28(22)24-5-8-10(27-28)15(3,16)13(25-8)21-6-18-9-11(21)19-14(17)20-12(9)23-4/h7-8,10-11,13H,5-6H2,1-4H3,(H2,17,19)/t8-,10-,11?,13-,15-,28-/m1/s1. The zero-order chi connectivity index (χ0) is 20.3. The van der Waals surface area contributed by atoms with Crippen molar-refractivity contribution in [2.24, 2.45) is 20.7 Å². The molecule has 1 unspecified atom stereocenters. The average molecular weight is 419 g/mol. The van der Waals surface area contributed by atoms with E-state index in [1.807, 2.05) is 0 Å². The molecule has 4 aliphatic heterocycles. The fourth-order valence-electron chi connectivity index (χ4n) is 3.68. The minimum atomic E-state index is -3.88. The van der Waals surface area contributed by atoms with Gasteiger partial charge in [-0.25, -0.2) is 18.8 Å². The Hall–Kier alpha value is -1.43. The lowest BCUT2D eigenvalue weighted by Gasteiger charge is -2.36. The molecule has 0 aromatic heterocycles. The maximum Gasteiger partial charge on any atom is 0.475 e. The summed E-state index contributed by atoms with van der Waals surface area (Å²) in [5.74, 6) is 0.225. The topological polar surface area (TPSA) is 130 Å². The Kier molecular flexibility index (Phi) is 4.84. The van der Waals surface area contributed by atoms with E-state index < -0.39 is 44.2 Å². The first kappa shape index (κ1) is 19.9. The normalized spacial score (nSPS) is 43.3. The van der Waals surface area contributed by atoms with Gasteiger partial charge in [0.2, 0.25) is 11.9 Å². The van der Waals surface area contributed by atoms with Gasteiger partial charge in [-0.1, -0.05) is 0 Å². The van der Waals surface area contributed by atoms with E-state index in [4.69, 9.17) is 28.8 Å². The number of nitrogens with zero attached hydrogens (tertiary/aromatic N) is 4. The molecule has 0 aliphatic carbocycles. The molecular formula is C15H23FN5O6P. The molecule has 0 radical (unpaired) electrons. The zero-order valence-electron chi connectivity index (χ0n) is 15.9. The summed E-state index contributed by atoms with van der Waals surface area (Å²) in [4.78, 5) is 14.2. The molecule has 13 heteroatoms. The van der Waals surface area contributed by atoms with Crippen LogP contribution in [0.2, 0.25) is 0 Å². The smallest absolute Gasteiger partial charge is 0.475 e. The third-order valence-electron chi connectivity index (χ3n) is 4.81. The number of alkyl halides is 1. The van der Waals surface area contributed by atoms with E-state index in [-0.39, 0.29) is 25.1 Å². The molecule has 2 saturated heterocycles. The first-order valence-corrected chi connectivity index (χ1v) is 10.3. The number of halogens is 1. The zero-order valence-corrected chi connectivity index (χ0v) is 16.8. The van der Waals surface area contributed by atoms with Crippen LogP contribution in [-0.4, -0.2) is 79.2 Å². The van der Waals surface area contributed by atoms with Crippen LogP contribution in [0.4, 0.5) is 4.39 Å². The lowest BCUT2D eigenvalue weighted by Crippen LogP contribution is -2.55. The van der Waals surface area contributed by atoms with Gasteiger partial charge in [0, 0.05) is 0 Å². The highest BCUT2D eigenvalue weighted by Crippen LogP contribution is 2.59. The minimum absolute atomic E-state index is 0.00177. The molecule has 4 rings (SSSR count). The van der Waals surface area contributed by atoms with Crippen LogP contribution in [0.15, 0.2) is 15.0 Å². The SMILES string of the molecule is COC1=NC(N)=NC2C1=NCN2[C@@H]1O[C@@H]2CO[P@](=O)(OC(C)C)O[C@H]2[C@@]1(C)F. The van der Waals surface area contributed by atoms with Crippen LogP contribution in [0.1, 0.15) is 20.8 Å². The second-order valence-corrected chi connectivity index (χ2v) is 8.86. The Morgan fingerprint density at radius 1 is 1.46 bits per heavy atom. The van der Waals surface area contributed by atoms with E-state index in [1.54, 1.807) is 18.7 Å². The predicted octanol–water partition coefficient (Wildman–Crippen LogP) is 0.801. The van der Waals surface area contributed by atoms with Crippen molar-refractivity contribution in [3.63, 3.8) is 0 Å². The molecule has 0 bridgehead atoms. The van der Waals surface area contributed by atoms with E-state index >= 15 is 4.39 Å². The second-order valence-electron chi connectivity index (χ2n) is 7.28. The van der Waals surface area contributed by atoms with E-state index in [0.29, 0.717) is 5.71 Å². The van der Waals surface area contributed by atoms with Crippen molar-refractivity contribution >= 4 is 25.4 Å². The quantitative estimate of drug-likeness (QED) is 0.665. The van der Waals surface area contributed by atoms with Crippen molar-refractivity contribution in [1.29, 1.82) is 0 Å². The molecule has 4 heterocycles. The van der Waals surface area contributed by atoms with Gasteiger partial charge in [-0.2, -0.15) is 4.99 Å². The Morgan fingerprint density at radius 2 is 2.21 bits per heavy atom.